The lowest BCUT2D eigenvalue weighted by atomic mass is 9.87. The Morgan fingerprint density at radius 2 is 1.80 bits per heavy atom. The first-order valence-corrected chi connectivity index (χ1v) is 8.90. The number of hydrogen-bond acceptors (Lipinski definition) is 3. The highest BCUT2D eigenvalue weighted by Crippen LogP contribution is 2.23. The van der Waals surface area contributed by atoms with Gasteiger partial charge in [-0.2, -0.15) is 0 Å². The lowest BCUT2D eigenvalue weighted by molar-refractivity contribution is 0.102. The Morgan fingerprint density at radius 3 is 2.32 bits per heavy atom. The van der Waals surface area contributed by atoms with Gasteiger partial charge in [-0.15, -0.1) is 0 Å². The minimum Gasteiger partial charge on any atom is -0.360 e. The Kier molecular flexibility index (Phi) is 6.18. The number of pyridine rings is 1. The molecular weight excluding hydrogens is 310 g/mol. The smallest absolute Gasteiger partial charge is 0.257 e. The second-order valence-electron chi connectivity index (χ2n) is 7.46. The van der Waals surface area contributed by atoms with E-state index in [0.29, 0.717) is 5.56 Å². The van der Waals surface area contributed by atoms with E-state index in [4.69, 9.17) is 0 Å². The van der Waals surface area contributed by atoms with Crippen molar-refractivity contribution in [2.75, 3.05) is 23.8 Å². The standard InChI is InChI=1S/C21H29N3O/c1-6-7-14-24(5)19-13-8-16(15-22-19)20(25)23-18-11-9-17(10-12-18)21(2,3)4/h8-13,15H,6-7,14H2,1-5H3,(H,23,25). The summed E-state index contributed by atoms with van der Waals surface area (Å²) in [4.78, 5) is 18.9. The number of unbranched alkanes of at least 4 members (excludes halogenated alkanes) is 1. The Bertz CT molecular complexity index is 685. The normalized spacial score (nSPS) is 11.2. The number of carbonyl (C=O) groups is 1. The lowest BCUT2D eigenvalue weighted by Crippen LogP contribution is -2.20. The van der Waals surface area contributed by atoms with Gasteiger partial charge in [-0.25, -0.2) is 4.98 Å². The van der Waals surface area contributed by atoms with Crippen molar-refractivity contribution < 1.29 is 4.79 Å². The number of benzene rings is 1. The maximum absolute atomic E-state index is 12.4. The highest BCUT2D eigenvalue weighted by molar-refractivity contribution is 6.04. The topological polar surface area (TPSA) is 45.2 Å². The van der Waals surface area contributed by atoms with Crippen LogP contribution in [-0.4, -0.2) is 24.5 Å². The number of anilines is 2. The third kappa shape index (κ3) is 5.31. The summed E-state index contributed by atoms with van der Waals surface area (Å²) >= 11 is 0. The van der Waals surface area contributed by atoms with Crippen LogP contribution in [0.5, 0.6) is 0 Å². The Hall–Kier alpha value is -2.36. The van der Waals surface area contributed by atoms with Gasteiger partial charge < -0.3 is 10.2 Å². The fourth-order valence-electron chi connectivity index (χ4n) is 2.51. The molecule has 4 heteroatoms. The van der Waals surface area contributed by atoms with Crippen LogP contribution in [0.1, 0.15) is 56.5 Å². The molecule has 4 nitrogen and oxygen atoms in total. The SMILES string of the molecule is CCCCN(C)c1ccc(C(=O)Nc2ccc(C(C)(C)C)cc2)cn1. The molecule has 25 heavy (non-hydrogen) atoms. The molecule has 1 N–H and O–H groups in total. The maximum atomic E-state index is 12.4. The van der Waals surface area contributed by atoms with Crippen LogP contribution < -0.4 is 10.2 Å². The van der Waals surface area contributed by atoms with Crippen molar-refractivity contribution in [2.45, 2.75) is 46.0 Å². The fraction of sp³-hybridized carbons (Fsp3) is 0.429. The predicted octanol–water partition coefficient (Wildman–Crippen LogP) is 4.87. The zero-order valence-electron chi connectivity index (χ0n) is 16.0. The molecule has 0 saturated heterocycles. The molecule has 1 aromatic carbocycles. The van der Waals surface area contributed by atoms with Crippen molar-refractivity contribution in [3.63, 3.8) is 0 Å². The second kappa shape index (κ2) is 8.15. The Balaban J connectivity index is 2.01. The van der Waals surface area contributed by atoms with E-state index in [1.165, 1.54) is 5.56 Å². The van der Waals surface area contributed by atoms with Gasteiger partial charge >= 0.3 is 0 Å². The van der Waals surface area contributed by atoms with E-state index < -0.39 is 0 Å². The van der Waals surface area contributed by atoms with Gasteiger partial charge in [-0.1, -0.05) is 46.2 Å². The first kappa shape index (κ1) is 19.0. The molecule has 0 spiro atoms. The summed E-state index contributed by atoms with van der Waals surface area (Å²) in [6.07, 6.45) is 3.92. The van der Waals surface area contributed by atoms with Gasteiger partial charge in [0.1, 0.15) is 5.82 Å². The van der Waals surface area contributed by atoms with Gasteiger partial charge in [-0.3, -0.25) is 4.79 Å². The summed E-state index contributed by atoms with van der Waals surface area (Å²) < 4.78 is 0. The highest BCUT2D eigenvalue weighted by Gasteiger charge is 2.13. The number of amides is 1. The van der Waals surface area contributed by atoms with Crippen LogP contribution in [0, 0.1) is 0 Å². The van der Waals surface area contributed by atoms with Crippen LogP contribution in [-0.2, 0) is 5.41 Å². The summed E-state index contributed by atoms with van der Waals surface area (Å²) in [5.74, 6) is 0.748. The number of aromatic nitrogens is 1. The molecule has 0 aliphatic rings. The summed E-state index contributed by atoms with van der Waals surface area (Å²) in [7, 11) is 2.02. The first-order valence-electron chi connectivity index (χ1n) is 8.90. The largest absolute Gasteiger partial charge is 0.360 e. The molecule has 1 aromatic heterocycles. The molecule has 2 aromatic rings. The number of rotatable bonds is 6. The predicted molar refractivity (Wildman–Crippen MR) is 106 cm³/mol. The van der Waals surface area contributed by atoms with E-state index in [1.807, 2.05) is 31.3 Å². The van der Waals surface area contributed by atoms with E-state index >= 15 is 0 Å². The molecular formula is C21H29N3O. The molecule has 134 valence electrons. The molecule has 1 heterocycles. The van der Waals surface area contributed by atoms with Gasteiger partial charge in [0.25, 0.3) is 5.91 Å². The van der Waals surface area contributed by atoms with Crippen LogP contribution in [0.4, 0.5) is 11.5 Å². The van der Waals surface area contributed by atoms with E-state index in [0.717, 1.165) is 30.9 Å². The molecule has 0 radical (unpaired) electrons. The number of nitrogens with zero attached hydrogens (tertiary/aromatic N) is 2. The molecule has 0 atom stereocenters. The molecule has 0 unspecified atom stereocenters. The molecule has 2 rings (SSSR count). The van der Waals surface area contributed by atoms with Gasteiger partial charge in [0.15, 0.2) is 0 Å². The average Bonchev–Trinajstić information content (AvgIpc) is 2.59. The second-order valence-corrected chi connectivity index (χ2v) is 7.46. The van der Waals surface area contributed by atoms with Crippen LogP contribution in [0.25, 0.3) is 0 Å². The third-order valence-electron chi connectivity index (χ3n) is 4.26. The molecule has 0 fully saturated rings. The van der Waals surface area contributed by atoms with Gasteiger partial charge in [0, 0.05) is 25.5 Å². The monoisotopic (exact) mass is 339 g/mol. The quantitative estimate of drug-likeness (QED) is 0.817. The van der Waals surface area contributed by atoms with Gasteiger partial charge in [0.2, 0.25) is 0 Å². The summed E-state index contributed by atoms with van der Waals surface area (Å²) in [6, 6.07) is 11.7. The molecule has 1 amide bonds. The van der Waals surface area contributed by atoms with Crippen LogP contribution in [0.3, 0.4) is 0 Å². The van der Waals surface area contributed by atoms with E-state index in [9.17, 15) is 4.79 Å². The van der Waals surface area contributed by atoms with Crippen LogP contribution in [0.2, 0.25) is 0 Å². The summed E-state index contributed by atoms with van der Waals surface area (Å²) in [5, 5.41) is 2.93. The van der Waals surface area contributed by atoms with Crippen LogP contribution >= 0.6 is 0 Å². The number of hydrogen-bond donors (Lipinski definition) is 1. The highest BCUT2D eigenvalue weighted by atomic mass is 16.1. The van der Waals surface area contributed by atoms with Crippen molar-refractivity contribution in [2.24, 2.45) is 0 Å². The zero-order chi connectivity index (χ0) is 18.4. The number of carbonyl (C=O) groups excluding carboxylic acids is 1. The van der Waals surface area contributed by atoms with Crippen molar-refractivity contribution in [1.82, 2.24) is 4.98 Å². The van der Waals surface area contributed by atoms with Crippen molar-refractivity contribution >= 4 is 17.4 Å². The molecule has 0 saturated carbocycles. The molecule has 0 aliphatic heterocycles. The number of nitrogens with one attached hydrogen (secondary N) is 1. The molecule has 0 aliphatic carbocycles. The van der Waals surface area contributed by atoms with Gasteiger partial charge in [-0.05, 0) is 41.7 Å². The van der Waals surface area contributed by atoms with Crippen molar-refractivity contribution in [3.05, 3.63) is 53.7 Å². The lowest BCUT2D eigenvalue weighted by Gasteiger charge is -2.19. The summed E-state index contributed by atoms with van der Waals surface area (Å²) in [5.41, 5.74) is 2.70. The van der Waals surface area contributed by atoms with E-state index in [2.05, 4.69) is 55.0 Å². The first-order chi connectivity index (χ1) is 11.8. The van der Waals surface area contributed by atoms with Crippen molar-refractivity contribution in [3.8, 4) is 0 Å². The average molecular weight is 339 g/mol. The molecule has 0 bridgehead atoms. The summed E-state index contributed by atoms with van der Waals surface area (Å²) in [6.45, 7) is 9.65. The third-order valence-corrected chi connectivity index (χ3v) is 4.26. The van der Waals surface area contributed by atoms with Gasteiger partial charge in [0.05, 0.1) is 5.56 Å². The van der Waals surface area contributed by atoms with Crippen LogP contribution in [0.15, 0.2) is 42.6 Å². The van der Waals surface area contributed by atoms with E-state index in [1.54, 1.807) is 6.20 Å². The maximum Gasteiger partial charge on any atom is 0.257 e. The minimum atomic E-state index is -0.140. The minimum absolute atomic E-state index is 0.103. The fourth-order valence-corrected chi connectivity index (χ4v) is 2.51. The Labute approximate surface area is 151 Å². The Morgan fingerprint density at radius 1 is 1.12 bits per heavy atom. The van der Waals surface area contributed by atoms with E-state index in [-0.39, 0.29) is 11.3 Å². The zero-order valence-corrected chi connectivity index (χ0v) is 16.0. The van der Waals surface area contributed by atoms with Crippen molar-refractivity contribution in [1.29, 1.82) is 0 Å².